The molecule has 0 saturated heterocycles. The second-order valence-corrected chi connectivity index (χ2v) is 12.5. The molecule has 0 unspecified atom stereocenters. The Kier molecular flexibility index (Phi) is 245. The summed E-state index contributed by atoms with van der Waals surface area (Å²) in [5.41, 5.74) is 0. The van der Waals surface area contributed by atoms with Crippen LogP contribution in [0.3, 0.4) is 0 Å². The Hall–Kier alpha value is -0.160. The van der Waals surface area contributed by atoms with Gasteiger partial charge in [0.2, 0.25) is 0 Å². The lowest BCUT2D eigenvalue weighted by Crippen LogP contribution is -2.21. The van der Waals surface area contributed by atoms with E-state index < -0.39 is 0 Å². The largest absolute Gasteiger partial charge is 0.306 e. The Balaban J connectivity index is -0.0000000200. The molecular formula is C52H146N4. The van der Waals surface area contributed by atoms with E-state index in [9.17, 15) is 0 Å². The molecule has 0 amide bonds. The van der Waals surface area contributed by atoms with Crippen LogP contribution >= 0.6 is 0 Å². The number of hydrogen-bond acceptors (Lipinski definition) is 4. The topological polar surface area (TPSA) is 13.0 Å². The molecule has 0 aliphatic heterocycles. The normalized spacial score (nSPS) is 8.04. The predicted octanol–water partition coefficient (Wildman–Crippen LogP) is 20.0. The molecule has 0 heterocycles. The van der Waals surface area contributed by atoms with Gasteiger partial charge in [-0.1, -0.05) is 225 Å². The molecule has 0 radical (unpaired) electrons. The summed E-state index contributed by atoms with van der Waals surface area (Å²) in [4.78, 5) is 9.85. The Labute approximate surface area is 374 Å². The van der Waals surface area contributed by atoms with E-state index in [2.05, 4.69) is 89.3 Å². The van der Waals surface area contributed by atoms with Gasteiger partial charge in [-0.2, -0.15) is 0 Å². The molecule has 0 bridgehead atoms. The summed E-state index contributed by atoms with van der Waals surface area (Å²) in [6.07, 6.45) is 24.4. The highest BCUT2D eigenvalue weighted by Gasteiger charge is 2.00. The minimum Gasteiger partial charge on any atom is -0.306 e. The van der Waals surface area contributed by atoms with Gasteiger partial charge in [0, 0.05) is 0 Å². The highest BCUT2D eigenvalue weighted by molar-refractivity contribution is 4.56. The van der Waals surface area contributed by atoms with Gasteiger partial charge < -0.3 is 19.6 Å². The van der Waals surface area contributed by atoms with E-state index in [1.165, 1.54) is 168 Å². The van der Waals surface area contributed by atoms with Crippen LogP contribution in [-0.2, 0) is 0 Å². The van der Waals surface area contributed by atoms with Crippen molar-refractivity contribution in [2.24, 2.45) is 0 Å². The molecule has 0 spiro atoms. The van der Waals surface area contributed by atoms with Crippen molar-refractivity contribution >= 4 is 0 Å². The van der Waals surface area contributed by atoms with Gasteiger partial charge >= 0.3 is 0 Å². The maximum Gasteiger partial charge on any atom is -0.00218 e. The van der Waals surface area contributed by atoms with Crippen molar-refractivity contribution in [3.8, 4) is 0 Å². The molecule has 374 valence electrons. The Morgan fingerprint density at radius 3 is 0.464 bits per heavy atom. The van der Waals surface area contributed by atoms with Gasteiger partial charge in [0.25, 0.3) is 0 Å². The van der Waals surface area contributed by atoms with Crippen molar-refractivity contribution in [1.82, 2.24) is 19.6 Å². The smallest absolute Gasteiger partial charge is 0.00218 e. The molecule has 0 aliphatic carbocycles. The lowest BCUT2D eigenvalue weighted by Gasteiger charge is -2.17. The standard InChI is InChI=1S/C18H40N2.2C9H21N.16CH4/c1-5-7-12-16-20(4)18-14-11-9-10-13-17-19(3)15-8-6-2;2*1-4-6-8-10(3)9-7-5-2;;;;;;;;;;;;;;;;/h5-18H2,1-4H3;2*4-9H2,1-3H3;16*1H4. The van der Waals surface area contributed by atoms with Crippen molar-refractivity contribution in [3.05, 3.63) is 0 Å². The van der Waals surface area contributed by atoms with Gasteiger partial charge in [-0.05, 0) is 132 Å². The summed E-state index contributed by atoms with van der Waals surface area (Å²) in [5, 5.41) is 0. The van der Waals surface area contributed by atoms with Crippen molar-refractivity contribution < 1.29 is 0 Å². The van der Waals surface area contributed by atoms with Crippen LogP contribution in [0.1, 0.15) is 276 Å². The van der Waals surface area contributed by atoms with E-state index in [-0.39, 0.29) is 119 Å². The lowest BCUT2D eigenvalue weighted by molar-refractivity contribution is 0.308. The van der Waals surface area contributed by atoms with Gasteiger partial charge in [0.15, 0.2) is 0 Å². The second kappa shape index (κ2) is 111. The van der Waals surface area contributed by atoms with Crippen LogP contribution in [0.15, 0.2) is 0 Å². The minimum absolute atomic E-state index is 0. The predicted molar refractivity (Wildman–Crippen MR) is 295 cm³/mol. The molecule has 0 aromatic rings. The lowest BCUT2D eigenvalue weighted by atomic mass is 10.1. The minimum atomic E-state index is 0. The van der Waals surface area contributed by atoms with Crippen LogP contribution in [0, 0.1) is 0 Å². The van der Waals surface area contributed by atoms with Crippen LogP contribution < -0.4 is 0 Å². The van der Waals surface area contributed by atoms with Crippen LogP contribution in [-0.4, -0.2) is 100 Å². The van der Waals surface area contributed by atoms with Gasteiger partial charge in [-0.25, -0.2) is 0 Å². The molecule has 56 heavy (non-hydrogen) atoms. The average Bonchev–Trinajstić information content (AvgIpc) is 2.95. The summed E-state index contributed by atoms with van der Waals surface area (Å²) in [6.45, 7) is 23.8. The van der Waals surface area contributed by atoms with Crippen LogP contribution in [0.5, 0.6) is 0 Å². The first-order chi connectivity index (χ1) is 19.3. The monoisotopic (exact) mass is 827 g/mol. The van der Waals surface area contributed by atoms with Gasteiger partial charge in [0.05, 0.1) is 0 Å². The molecule has 0 rings (SSSR count). The van der Waals surface area contributed by atoms with Crippen molar-refractivity contribution in [2.75, 3.05) is 80.5 Å². The Bertz CT molecular complexity index is 386. The van der Waals surface area contributed by atoms with Crippen molar-refractivity contribution in [3.63, 3.8) is 0 Å². The van der Waals surface area contributed by atoms with Crippen LogP contribution in [0.4, 0.5) is 0 Å². The van der Waals surface area contributed by atoms with Crippen molar-refractivity contribution in [1.29, 1.82) is 0 Å². The quantitative estimate of drug-likeness (QED) is 0.0765. The first kappa shape index (κ1) is 124. The number of unbranched alkanes of at least 4 members (excludes halogenated alkanes) is 11. The second-order valence-electron chi connectivity index (χ2n) is 12.5. The van der Waals surface area contributed by atoms with Gasteiger partial charge in [0.1, 0.15) is 0 Å². The summed E-state index contributed by atoms with van der Waals surface area (Å²) in [6, 6.07) is 0. The summed E-state index contributed by atoms with van der Waals surface area (Å²) < 4.78 is 0. The molecule has 4 heteroatoms. The average molecular weight is 828 g/mol. The van der Waals surface area contributed by atoms with E-state index in [4.69, 9.17) is 0 Å². The molecule has 0 aromatic carbocycles. The van der Waals surface area contributed by atoms with E-state index in [1.807, 2.05) is 0 Å². The van der Waals surface area contributed by atoms with Gasteiger partial charge in [-0.3, -0.25) is 0 Å². The maximum atomic E-state index is 2.51. The molecule has 0 aromatic heterocycles. The molecular weight excluding hydrogens is 681 g/mol. The Morgan fingerprint density at radius 2 is 0.304 bits per heavy atom. The number of nitrogens with zero attached hydrogens (tertiary/aromatic N) is 4. The van der Waals surface area contributed by atoms with E-state index in [0.717, 1.165) is 0 Å². The third kappa shape index (κ3) is 124. The van der Waals surface area contributed by atoms with Crippen molar-refractivity contribution in [2.45, 2.75) is 276 Å². The fourth-order valence-electron chi connectivity index (χ4n) is 4.51. The summed E-state index contributed by atoms with van der Waals surface area (Å²) >= 11 is 0. The molecule has 0 saturated carbocycles. The number of rotatable bonds is 27. The van der Waals surface area contributed by atoms with Gasteiger partial charge in [-0.15, -0.1) is 0 Å². The van der Waals surface area contributed by atoms with E-state index >= 15 is 0 Å². The zero-order chi connectivity index (χ0) is 30.7. The summed E-state index contributed by atoms with van der Waals surface area (Å²) in [7, 11) is 8.97. The number of hydrogen-bond donors (Lipinski definition) is 0. The van der Waals surface area contributed by atoms with E-state index in [0.29, 0.717) is 0 Å². The Morgan fingerprint density at radius 1 is 0.179 bits per heavy atom. The zero-order valence-corrected chi connectivity index (χ0v) is 30.2. The molecule has 4 nitrogen and oxygen atoms in total. The highest BCUT2D eigenvalue weighted by Crippen LogP contribution is 2.06. The molecule has 0 N–H and O–H groups in total. The molecule has 0 aliphatic rings. The third-order valence-corrected chi connectivity index (χ3v) is 7.69. The highest BCUT2D eigenvalue weighted by atomic mass is 15.1. The fraction of sp³-hybridized carbons (Fsp3) is 1.00. The van der Waals surface area contributed by atoms with Crippen LogP contribution in [0.2, 0.25) is 0 Å². The fourth-order valence-corrected chi connectivity index (χ4v) is 4.51. The summed E-state index contributed by atoms with van der Waals surface area (Å²) in [5.74, 6) is 0. The zero-order valence-electron chi connectivity index (χ0n) is 30.2. The first-order valence-electron chi connectivity index (χ1n) is 18.1. The SMILES string of the molecule is C.C.C.C.C.C.C.C.C.C.C.C.C.C.C.C.CCCCCN(C)CCCCCCCN(C)CCCC.CCCCN(C)CCCC.CCCCN(C)CCCC. The molecule has 0 atom stereocenters. The van der Waals surface area contributed by atoms with Crippen LogP contribution in [0.25, 0.3) is 0 Å². The third-order valence-electron chi connectivity index (χ3n) is 7.69. The maximum absolute atomic E-state index is 2.51. The molecule has 0 fully saturated rings. The van der Waals surface area contributed by atoms with E-state index in [1.54, 1.807) is 0 Å². The first-order valence-corrected chi connectivity index (χ1v) is 18.1.